The predicted molar refractivity (Wildman–Crippen MR) is 142 cm³/mol. The summed E-state index contributed by atoms with van der Waals surface area (Å²) >= 11 is 5.33. The SMILES string of the molecule is CC(C)(C)c1ccc(C(=O)NC(=S)Nc2ccc(N3CCN(C(=O)c4ccco4)CC3)cc2)cc1. The van der Waals surface area contributed by atoms with Crippen LogP contribution in [-0.4, -0.2) is 48.0 Å². The second kappa shape index (κ2) is 10.3. The minimum absolute atomic E-state index is 0.0307. The van der Waals surface area contributed by atoms with Gasteiger partial charge in [0.25, 0.3) is 11.8 Å². The summed E-state index contributed by atoms with van der Waals surface area (Å²) in [6, 6.07) is 18.8. The Morgan fingerprint density at radius 3 is 2.14 bits per heavy atom. The summed E-state index contributed by atoms with van der Waals surface area (Å²) in [4.78, 5) is 29.0. The second-order valence-electron chi connectivity index (χ2n) is 9.54. The summed E-state index contributed by atoms with van der Waals surface area (Å²) in [6.45, 7) is 9.14. The zero-order valence-electron chi connectivity index (χ0n) is 20.2. The largest absolute Gasteiger partial charge is 0.459 e. The molecule has 2 heterocycles. The molecule has 0 unspecified atom stereocenters. The Morgan fingerprint density at radius 1 is 0.914 bits per heavy atom. The standard InChI is InChI=1S/C27H30N4O3S/c1-27(2,3)20-8-6-19(7-9-20)24(32)29-26(35)28-21-10-12-22(13-11-21)30-14-16-31(17-15-30)25(33)23-5-4-18-34-23/h4-13,18H,14-17H2,1-3H3,(H2,28,29,32,35). The summed E-state index contributed by atoms with van der Waals surface area (Å²) in [5.41, 5.74) is 3.61. The molecule has 2 N–H and O–H groups in total. The molecule has 2 aromatic carbocycles. The molecule has 4 rings (SSSR count). The monoisotopic (exact) mass is 490 g/mol. The van der Waals surface area contributed by atoms with E-state index in [0.29, 0.717) is 24.4 Å². The smallest absolute Gasteiger partial charge is 0.289 e. The first-order chi connectivity index (χ1) is 16.7. The highest BCUT2D eigenvalue weighted by atomic mass is 32.1. The van der Waals surface area contributed by atoms with Gasteiger partial charge in [0, 0.05) is 43.1 Å². The van der Waals surface area contributed by atoms with Crippen molar-refractivity contribution in [1.29, 1.82) is 0 Å². The molecule has 3 aromatic rings. The van der Waals surface area contributed by atoms with Crippen molar-refractivity contribution in [2.45, 2.75) is 26.2 Å². The summed E-state index contributed by atoms with van der Waals surface area (Å²) in [7, 11) is 0. The number of amides is 2. The topological polar surface area (TPSA) is 77.8 Å². The fraction of sp³-hybridized carbons (Fsp3) is 0.296. The average molecular weight is 491 g/mol. The minimum Gasteiger partial charge on any atom is -0.459 e. The van der Waals surface area contributed by atoms with Crippen LogP contribution in [0.4, 0.5) is 11.4 Å². The number of piperazine rings is 1. The molecule has 0 spiro atoms. The van der Waals surface area contributed by atoms with Gasteiger partial charge in [-0.25, -0.2) is 0 Å². The third-order valence-corrected chi connectivity index (χ3v) is 6.23. The molecule has 8 heteroatoms. The Hall–Kier alpha value is -3.65. The van der Waals surface area contributed by atoms with Crippen LogP contribution in [0, 0.1) is 0 Å². The number of anilines is 2. The number of carbonyl (C=O) groups excluding carboxylic acids is 2. The summed E-state index contributed by atoms with van der Waals surface area (Å²) in [5, 5.41) is 6.04. The lowest BCUT2D eigenvalue weighted by Crippen LogP contribution is -2.48. The molecule has 35 heavy (non-hydrogen) atoms. The van der Waals surface area contributed by atoms with Crippen molar-refractivity contribution in [3.05, 3.63) is 83.8 Å². The fourth-order valence-corrected chi connectivity index (χ4v) is 4.15. The molecule has 1 saturated heterocycles. The van der Waals surface area contributed by atoms with E-state index in [0.717, 1.165) is 24.5 Å². The summed E-state index contributed by atoms with van der Waals surface area (Å²) in [6.07, 6.45) is 1.51. The van der Waals surface area contributed by atoms with Crippen LogP contribution < -0.4 is 15.5 Å². The van der Waals surface area contributed by atoms with Crippen molar-refractivity contribution in [2.75, 3.05) is 36.4 Å². The van der Waals surface area contributed by atoms with Crippen LogP contribution in [0.2, 0.25) is 0 Å². The van der Waals surface area contributed by atoms with Gasteiger partial charge in [0.15, 0.2) is 10.9 Å². The first kappa shape index (κ1) is 24.5. The van der Waals surface area contributed by atoms with Gasteiger partial charge in [0.2, 0.25) is 0 Å². The number of benzene rings is 2. The van der Waals surface area contributed by atoms with Gasteiger partial charge in [-0.15, -0.1) is 0 Å². The molecular formula is C27H30N4O3S. The van der Waals surface area contributed by atoms with Crippen molar-refractivity contribution in [3.8, 4) is 0 Å². The van der Waals surface area contributed by atoms with Gasteiger partial charge in [-0.2, -0.15) is 0 Å². The number of rotatable bonds is 4. The van der Waals surface area contributed by atoms with E-state index in [1.54, 1.807) is 12.1 Å². The maximum absolute atomic E-state index is 12.5. The van der Waals surface area contributed by atoms with Gasteiger partial charge in [-0.05, 0) is 71.7 Å². The molecule has 0 saturated carbocycles. The van der Waals surface area contributed by atoms with Crippen LogP contribution in [0.5, 0.6) is 0 Å². The van der Waals surface area contributed by atoms with E-state index in [9.17, 15) is 9.59 Å². The van der Waals surface area contributed by atoms with Crippen LogP contribution in [0.25, 0.3) is 0 Å². The van der Waals surface area contributed by atoms with Crippen molar-refractivity contribution in [1.82, 2.24) is 10.2 Å². The lowest BCUT2D eigenvalue weighted by Gasteiger charge is -2.35. The highest BCUT2D eigenvalue weighted by molar-refractivity contribution is 7.80. The third-order valence-electron chi connectivity index (χ3n) is 6.03. The van der Waals surface area contributed by atoms with E-state index >= 15 is 0 Å². The first-order valence-electron chi connectivity index (χ1n) is 11.6. The van der Waals surface area contributed by atoms with E-state index in [4.69, 9.17) is 16.6 Å². The Kier molecular flexibility index (Phi) is 7.21. The number of hydrogen-bond donors (Lipinski definition) is 2. The van der Waals surface area contributed by atoms with E-state index < -0.39 is 0 Å². The Morgan fingerprint density at radius 2 is 1.57 bits per heavy atom. The molecule has 0 bridgehead atoms. The lowest BCUT2D eigenvalue weighted by molar-refractivity contribution is 0.0714. The summed E-state index contributed by atoms with van der Waals surface area (Å²) < 4.78 is 5.22. The molecule has 1 aromatic heterocycles. The maximum Gasteiger partial charge on any atom is 0.289 e. The van der Waals surface area contributed by atoms with Crippen molar-refractivity contribution in [2.24, 2.45) is 0 Å². The molecular weight excluding hydrogens is 460 g/mol. The molecule has 0 atom stereocenters. The van der Waals surface area contributed by atoms with Gasteiger partial charge >= 0.3 is 0 Å². The van der Waals surface area contributed by atoms with Gasteiger partial charge in [0.1, 0.15) is 0 Å². The average Bonchev–Trinajstić information content (AvgIpc) is 3.39. The Bertz CT molecular complexity index is 1170. The number of thiocarbonyl (C=S) groups is 1. The number of nitrogens with one attached hydrogen (secondary N) is 2. The van der Waals surface area contributed by atoms with Gasteiger partial charge in [0.05, 0.1) is 6.26 Å². The van der Waals surface area contributed by atoms with E-state index in [-0.39, 0.29) is 22.3 Å². The van der Waals surface area contributed by atoms with Crippen LogP contribution >= 0.6 is 12.2 Å². The Balaban J connectivity index is 1.27. The predicted octanol–water partition coefficient (Wildman–Crippen LogP) is 4.67. The molecule has 7 nitrogen and oxygen atoms in total. The quantitative estimate of drug-likeness (QED) is 0.518. The number of furan rings is 1. The van der Waals surface area contributed by atoms with Crippen molar-refractivity contribution in [3.63, 3.8) is 0 Å². The maximum atomic E-state index is 12.5. The third kappa shape index (κ3) is 6.08. The number of carbonyl (C=O) groups is 2. The number of hydrogen-bond acceptors (Lipinski definition) is 5. The van der Waals surface area contributed by atoms with Crippen molar-refractivity contribution >= 4 is 40.5 Å². The van der Waals surface area contributed by atoms with Crippen LogP contribution in [-0.2, 0) is 5.41 Å². The molecule has 182 valence electrons. The van der Waals surface area contributed by atoms with E-state index in [1.165, 1.54) is 11.8 Å². The second-order valence-corrected chi connectivity index (χ2v) is 9.95. The van der Waals surface area contributed by atoms with Crippen LogP contribution in [0.3, 0.4) is 0 Å². The van der Waals surface area contributed by atoms with Gasteiger partial charge in [-0.3, -0.25) is 14.9 Å². The fourth-order valence-electron chi connectivity index (χ4n) is 3.94. The summed E-state index contributed by atoms with van der Waals surface area (Å²) in [5.74, 6) is 0.0512. The van der Waals surface area contributed by atoms with Crippen LogP contribution in [0.1, 0.15) is 47.2 Å². The number of nitrogens with zero attached hydrogens (tertiary/aromatic N) is 2. The minimum atomic E-state index is -0.249. The van der Waals surface area contributed by atoms with Gasteiger partial charge < -0.3 is 19.5 Å². The van der Waals surface area contributed by atoms with Gasteiger partial charge in [-0.1, -0.05) is 32.9 Å². The van der Waals surface area contributed by atoms with E-state index in [1.807, 2.05) is 53.4 Å². The molecule has 0 aliphatic carbocycles. The lowest BCUT2D eigenvalue weighted by atomic mass is 9.87. The first-order valence-corrected chi connectivity index (χ1v) is 12.0. The zero-order valence-corrected chi connectivity index (χ0v) is 21.0. The molecule has 2 amide bonds. The normalized spacial score (nSPS) is 13.9. The van der Waals surface area contributed by atoms with Crippen LogP contribution in [0.15, 0.2) is 71.3 Å². The van der Waals surface area contributed by atoms with E-state index in [2.05, 4.69) is 36.3 Å². The highest BCUT2D eigenvalue weighted by Gasteiger charge is 2.23. The Labute approximate surface area is 211 Å². The molecule has 1 aliphatic heterocycles. The highest BCUT2D eigenvalue weighted by Crippen LogP contribution is 2.23. The van der Waals surface area contributed by atoms with Crippen molar-refractivity contribution < 1.29 is 14.0 Å². The molecule has 1 fully saturated rings. The molecule has 1 aliphatic rings. The molecule has 0 radical (unpaired) electrons. The zero-order chi connectivity index (χ0) is 25.0.